The Labute approximate surface area is 117 Å². The molecule has 2 rings (SSSR count). The molecule has 3 heteroatoms. The number of aromatic amines is 1. The van der Waals surface area contributed by atoms with E-state index in [0.29, 0.717) is 5.92 Å². The van der Waals surface area contributed by atoms with Gasteiger partial charge in [0.2, 0.25) is 0 Å². The second-order valence-electron chi connectivity index (χ2n) is 5.98. The topological polar surface area (TPSA) is 40.7 Å². The number of nitrogens with one attached hydrogen (secondary N) is 2. The lowest BCUT2D eigenvalue weighted by atomic mass is 9.80. The van der Waals surface area contributed by atoms with Crippen molar-refractivity contribution < 1.29 is 0 Å². The van der Waals surface area contributed by atoms with Gasteiger partial charge < -0.3 is 10.3 Å². The van der Waals surface area contributed by atoms with E-state index in [9.17, 15) is 0 Å². The van der Waals surface area contributed by atoms with Gasteiger partial charge in [0.25, 0.3) is 0 Å². The standard InChI is InChI=1S/C16H29N3/c1-3-5-13-6-8-14(9-7-13)16-18-12-15(19-16)11-17-10-4-2/h12-14,17H,3-11H2,1-2H3,(H,18,19). The molecule has 0 aromatic carbocycles. The van der Waals surface area contributed by atoms with Crippen LogP contribution in [0, 0.1) is 5.92 Å². The predicted octanol–water partition coefficient (Wildman–Crippen LogP) is 3.98. The van der Waals surface area contributed by atoms with Crippen molar-refractivity contribution >= 4 is 0 Å². The van der Waals surface area contributed by atoms with Gasteiger partial charge in [-0.05, 0) is 44.6 Å². The molecule has 1 fully saturated rings. The van der Waals surface area contributed by atoms with E-state index in [4.69, 9.17) is 0 Å². The van der Waals surface area contributed by atoms with Crippen molar-refractivity contribution in [2.45, 2.75) is 71.3 Å². The summed E-state index contributed by atoms with van der Waals surface area (Å²) in [5.74, 6) is 2.87. The summed E-state index contributed by atoms with van der Waals surface area (Å²) >= 11 is 0. The van der Waals surface area contributed by atoms with Crippen LogP contribution in [-0.4, -0.2) is 16.5 Å². The van der Waals surface area contributed by atoms with E-state index in [1.165, 1.54) is 56.5 Å². The molecular formula is C16H29N3. The minimum Gasteiger partial charge on any atom is -0.345 e. The number of nitrogens with zero attached hydrogens (tertiary/aromatic N) is 1. The van der Waals surface area contributed by atoms with E-state index in [0.717, 1.165) is 19.0 Å². The molecule has 0 aliphatic heterocycles. The van der Waals surface area contributed by atoms with E-state index in [2.05, 4.69) is 29.1 Å². The van der Waals surface area contributed by atoms with Gasteiger partial charge >= 0.3 is 0 Å². The third-order valence-electron chi connectivity index (χ3n) is 4.32. The smallest absolute Gasteiger partial charge is 0.109 e. The lowest BCUT2D eigenvalue weighted by molar-refractivity contribution is 0.303. The molecule has 2 N–H and O–H groups in total. The van der Waals surface area contributed by atoms with E-state index >= 15 is 0 Å². The zero-order chi connectivity index (χ0) is 13.5. The number of hydrogen-bond donors (Lipinski definition) is 2. The molecule has 1 saturated carbocycles. The fourth-order valence-corrected chi connectivity index (χ4v) is 3.21. The first kappa shape index (κ1) is 14.6. The van der Waals surface area contributed by atoms with Crippen LogP contribution >= 0.6 is 0 Å². The number of imidazole rings is 1. The number of rotatable bonds is 7. The second kappa shape index (κ2) is 7.68. The average molecular weight is 263 g/mol. The molecule has 3 nitrogen and oxygen atoms in total. The molecule has 1 aliphatic carbocycles. The van der Waals surface area contributed by atoms with Crippen molar-refractivity contribution in [3.63, 3.8) is 0 Å². The number of hydrogen-bond acceptors (Lipinski definition) is 2. The minimum atomic E-state index is 0.674. The second-order valence-corrected chi connectivity index (χ2v) is 5.98. The third-order valence-corrected chi connectivity index (χ3v) is 4.32. The summed E-state index contributed by atoms with van der Waals surface area (Å²) in [7, 11) is 0. The molecule has 0 amide bonds. The summed E-state index contributed by atoms with van der Waals surface area (Å²) in [5, 5.41) is 3.42. The van der Waals surface area contributed by atoms with Crippen molar-refractivity contribution in [1.29, 1.82) is 0 Å². The molecule has 1 aromatic heterocycles. The molecule has 0 bridgehead atoms. The molecule has 1 heterocycles. The van der Waals surface area contributed by atoms with Crippen molar-refractivity contribution in [2.75, 3.05) is 6.54 Å². The van der Waals surface area contributed by atoms with E-state index in [1.54, 1.807) is 0 Å². The van der Waals surface area contributed by atoms with Crippen LogP contribution in [0.4, 0.5) is 0 Å². The summed E-state index contributed by atoms with van der Waals surface area (Å²) in [6, 6.07) is 0. The van der Waals surface area contributed by atoms with Gasteiger partial charge in [-0.3, -0.25) is 0 Å². The van der Waals surface area contributed by atoms with Crippen molar-refractivity contribution in [3.05, 3.63) is 17.7 Å². The molecule has 0 radical (unpaired) electrons. The quantitative estimate of drug-likeness (QED) is 0.730. The fraction of sp³-hybridized carbons (Fsp3) is 0.812. The van der Waals surface area contributed by atoms with Crippen LogP contribution < -0.4 is 5.32 Å². The van der Waals surface area contributed by atoms with Gasteiger partial charge in [-0.2, -0.15) is 0 Å². The van der Waals surface area contributed by atoms with Crippen molar-refractivity contribution in [1.82, 2.24) is 15.3 Å². The van der Waals surface area contributed by atoms with Crippen molar-refractivity contribution in [2.24, 2.45) is 5.92 Å². The Bertz CT molecular complexity index is 351. The number of aromatic nitrogens is 2. The summed E-state index contributed by atoms with van der Waals surface area (Å²) in [4.78, 5) is 8.11. The highest BCUT2D eigenvalue weighted by Gasteiger charge is 2.23. The Morgan fingerprint density at radius 2 is 2.00 bits per heavy atom. The lowest BCUT2D eigenvalue weighted by Gasteiger charge is -2.27. The number of H-pyrrole nitrogens is 1. The van der Waals surface area contributed by atoms with E-state index in [1.807, 2.05) is 6.20 Å². The predicted molar refractivity (Wildman–Crippen MR) is 80.2 cm³/mol. The Morgan fingerprint density at radius 3 is 2.68 bits per heavy atom. The summed E-state index contributed by atoms with van der Waals surface area (Å²) < 4.78 is 0. The molecule has 0 unspecified atom stereocenters. The third kappa shape index (κ3) is 4.34. The van der Waals surface area contributed by atoms with Gasteiger partial charge in [0.1, 0.15) is 5.82 Å². The van der Waals surface area contributed by atoms with Gasteiger partial charge in [0, 0.05) is 24.4 Å². The maximum atomic E-state index is 4.59. The van der Waals surface area contributed by atoms with Crippen LogP contribution in [0.1, 0.15) is 76.2 Å². The van der Waals surface area contributed by atoms with Gasteiger partial charge in [-0.25, -0.2) is 4.98 Å². The largest absolute Gasteiger partial charge is 0.345 e. The van der Waals surface area contributed by atoms with Gasteiger partial charge in [-0.1, -0.05) is 26.7 Å². The summed E-state index contributed by atoms with van der Waals surface area (Å²) in [6.07, 6.45) is 11.4. The van der Waals surface area contributed by atoms with Crippen LogP contribution in [0.25, 0.3) is 0 Å². The molecule has 0 saturated heterocycles. The Hall–Kier alpha value is -0.830. The highest BCUT2D eigenvalue weighted by molar-refractivity contribution is 5.06. The van der Waals surface area contributed by atoms with Crippen LogP contribution in [-0.2, 0) is 6.54 Å². The van der Waals surface area contributed by atoms with E-state index < -0.39 is 0 Å². The van der Waals surface area contributed by atoms with E-state index in [-0.39, 0.29) is 0 Å². The zero-order valence-electron chi connectivity index (χ0n) is 12.5. The van der Waals surface area contributed by atoms with Crippen molar-refractivity contribution in [3.8, 4) is 0 Å². The molecule has 1 aliphatic rings. The first-order chi connectivity index (χ1) is 9.33. The first-order valence-corrected chi connectivity index (χ1v) is 8.08. The molecule has 108 valence electrons. The fourth-order valence-electron chi connectivity index (χ4n) is 3.21. The lowest BCUT2D eigenvalue weighted by Crippen LogP contribution is -2.15. The van der Waals surface area contributed by atoms with Crippen LogP contribution in [0.3, 0.4) is 0 Å². The molecule has 19 heavy (non-hydrogen) atoms. The van der Waals surface area contributed by atoms with Crippen LogP contribution in [0.15, 0.2) is 6.20 Å². The Balaban J connectivity index is 1.79. The molecular weight excluding hydrogens is 234 g/mol. The van der Waals surface area contributed by atoms with Gasteiger partial charge in [-0.15, -0.1) is 0 Å². The summed E-state index contributed by atoms with van der Waals surface area (Å²) in [5.41, 5.74) is 1.24. The zero-order valence-corrected chi connectivity index (χ0v) is 12.5. The molecule has 1 aromatic rings. The first-order valence-electron chi connectivity index (χ1n) is 8.08. The molecule has 0 spiro atoms. The normalized spacial score (nSPS) is 23.7. The average Bonchev–Trinajstić information content (AvgIpc) is 2.89. The monoisotopic (exact) mass is 263 g/mol. The highest BCUT2D eigenvalue weighted by atomic mass is 15.0. The maximum absolute atomic E-state index is 4.59. The Kier molecular flexibility index (Phi) is 5.90. The minimum absolute atomic E-state index is 0.674. The molecule has 0 atom stereocenters. The van der Waals surface area contributed by atoms with Crippen LogP contribution in [0.5, 0.6) is 0 Å². The maximum Gasteiger partial charge on any atom is 0.109 e. The van der Waals surface area contributed by atoms with Gasteiger partial charge in [0.05, 0.1) is 0 Å². The van der Waals surface area contributed by atoms with Crippen LogP contribution in [0.2, 0.25) is 0 Å². The van der Waals surface area contributed by atoms with Gasteiger partial charge in [0.15, 0.2) is 0 Å². The Morgan fingerprint density at radius 1 is 1.21 bits per heavy atom. The summed E-state index contributed by atoms with van der Waals surface area (Å²) in [6.45, 7) is 6.50. The highest BCUT2D eigenvalue weighted by Crippen LogP contribution is 2.36. The SMILES string of the molecule is CCCNCc1cnc(C2CCC(CCC)CC2)[nH]1.